The molecule has 3 aliphatic rings. The van der Waals surface area contributed by atoms with Crippen LogP contribution in [0.4, 0.5) is 0 Å². The number of rotatable bonds is 9. The van der Waals surface area contributed by atoms with Crippen molar-refractivity contribution in [1.29, 1.82) is 0 Å². The Balaban J connectivity index is 1.14. The molecule has 0 spiro atoms. The zero-order valence-electron chi connectivity index (χ0n) is 20.1. The molecule has 1 aromatic rings. The highest BCUT2D eigenvalue weighted by Crippen LogP contribution is 2.26. The monoisotopic (exact) mass is 456 g/mol. The van der Waals surface area contributed by atoms with Crippen LogP contribution in [0, 0.1) is 5.92 Å². The summed E-state index contributed by atoms with van der Waals surface area (Å²) in [4.78, 5) is 30.9. The van der Waals surface area contributed by atoms with Gasteiger partial charge in [-0.15, -0.1) is 0 Å². The van der Waals surface area contributed by atoms with Gasteiger partial charge in [-0.05, 0) is 44.0 Å². The lowest BCUT2D eigenvalue weighted by molar-refractivity contribution is -0.138. The number of carbonyl (C=O) groups is 2. The van der Waals surface area contributed by atoms with Crippen LogP contribution < -0.4 is 10.1 Å². The second-order valence-electron chi connectivity index (χ2n) is 10.00. The van der Waals surface area contributed by atoms with Crippen molar-refractivity contribution in [2.45, 2.75) is 57.5 Å². The summed E-state index contributed by atoms with van der Waals surface area (Å²) in [5, 5.41) is 3.03. The summed E-state index contributed by atoms with van der Waals surface area (Å²) < 4.78 is 6.05. The molecule has 7 heteroatoms. The van der Waals surface area contributed by atoms with Gasteiger partial charge in [0.15, 0.2) is 0 Å². The van der Waals surface area contributed by atoms with E-state index < -0.39 is 0 Å². The zero-order valence-corrected chi connectivity index (χ0v) is 20.1. The molecule has 2 amide bonds. The van der Waals surface area contributed by atoms with Gasteiger partial charge in [-0.3, -0.25) is 14.5 Å². The Bertz CT molecular complexity index is 787. The van der Waals surface area contributed by atoms with Crippen molar-refractivity contribution in [3.63, 3.8) is 0 Å². The maximum absolute atomic E-state index is 12.7. The number of nitrogens with zero attached hydrogens (tertiary/aromatic N) is 3. The highest BCUT2D eigenvalue weighted by atomic mass is 16.5. The molecule has 3 fully saturated rings. The molecule has 1 unspecified atom stereocenters. The SMILES string of the molecule is CN(Cc1cccc(OCCN2CCN(C(=O)C3CCCCC3)CC2)c1)CC1CCC(=O)N1. The predicted molar refractivity (Wildman–Crippen MR) is 129 cm³/mol. The lowest BCUT2D eigenvalue weighted by Gasteiger charge is -2.37. The van der Waals surface area contributed by atoms with Gasteiger partial charge >= 0.3 is 0 Å². The molecule has 0 radical (unpaired) electrons. The third-order valence-corrected chi connectivity index (χ3v) is 7.28. The Kier molecular flexibility index (Phi) is 8.62. The van der Waals surface area contributed by atoms with Gasteiger partial charge in [-0.2, -0.15) is 0 Å². The number of likely N-dealkylation sites (N-methyl/N-ethyl adjacent to an activating group) is 1. The van der Waals surface area contributed by atoms with E-state index >= 15 is 0 Å². The molecule has 4 rings (SSSR count). The Morgan fingerprint density at radius 1 is 1.12 bits per heavy atom. The van der Waals surface area contributed by atoms with Crippen molar-refractivity contribution in [1.82, 2.24) is 20.0 Å². The van der Waals surface area contributed by atoms with E-state index in [1.807, 2.05) is 12.1 Å². The van der Waals surface area contributed by atoms with Crippen molar-refractivity contribution >= 4 is 11.8 Å². The fourth-order valence-electron chi connectivity index (χ4n) is 5.39. The van der Waals surface area contributed by atoms with E-state index in [1.165, 1.54) is 24.8 Å². The Labute approximate surface area is 198 Å². The van der Waals surface area contributed by atoms with Crippen molar-refractivity contribution in [2.75, 3.05) is 52.9 Å². The Morgan fingerprint density at radius 2 is 1.91 bits per heavy atom. The standard InChI is InChI=1S/C26H40N4O3/c1-28(20-23-10-11-25(31)27-23)19-21-6-5-9-24(18-21)33-17-16-29-12-14-30(15-13-29)26(32)22-7-3-2-4-8-22/h5-6,9,18,22-23H,2-4,7-8,10-17,19-20H2,1H3,(H,27,31). The van der Waals surface area contributed by atoms with Crippen LogP contribution in [-0.2, 0) is 16.1 Å². The largest absolute Gasteiger partial charge is 0.492 e. The minimum Gasteiger partial charge on any atom is -0.492 e. The molecule has 0 aromatic heterocycles. The van der Waals surface area contributed by atoms with Crippen molar-refractivity contribution in [3.05, 3.63) is 29.8 Å². The van der Waals surface area contributed by atoms with E-state index in [0.717, 1.165) is 70.8 Å². The van der Waals surface area contributed by atoms with E-state index in [2.05, 4.69) is 39.2 Å². The van der Waals surface area contributed by atoms with Gasteiger partial charge in [0, 0.05) is 64.2 Å². The van der Waals surface area contributed by atoms with E-state index in [-0.39, 0.29) is 17.9 Å². The Morgan fingerprint density at radius 3 is 2.64 bits per heavy atom. The second kappa shape index (κ2) is 11.8. The van der Waals surface area contributed by atoms with Crippen LogP contribution in [0.5, 0.6) is 5.75 Å². The number of amides is 2. The fourth-order valence-corrected chi connectivity index (χ4v) is 5.39. The number of benzene rings is 1. The number of hydrogen-bond acceptors (Lipinski definition) is 5. The van der Waals surface area contributed by atoms with Gasteiger partial charge < -0.3 is 19.9 Å². The molecule has 1 N–H and O–H groups in total. The molecule has 1 atom stereocenters. The summed E-state index contributed by atoms with van der Waals surface area (Å²) in [5.74, 6) is 1.74. The van der Waals surface area contributed by atoms with Crippen molar-refractivity contribution in [3.8, 4) is 5.75 Å². The van der Waals surface area contributed by atoms with Crippen LogP contribution in [0.2, 0.25) is 0 Å². The molecule has 0 bridgehead atoms. The van der Waals surface area contributed by atoms with E-state index in [1.54, 1.807) is 0 Å². The van der Waals surface area contributed by atoms with Crippen LogP contribution in [0.15, 0.2) is 24.3 Å². The van der Waals surface area contributed by atoms with Gasteiger partial charge in [0.05, 0.1) is 0 Å². The molecule has 2 saturated heterocycles. The molecule has 7 nitrogen and oxygen atoms in total. The molecule has 1 aromatic carbocycles. The first-order valence-electron chi connectivity index (χ1n) is 12.8. The molecule has 1 aliphatic carbocycles. The van der Waals surface area contributed by atoms with Gasteiger partial charge in [-0.25, -0.2) is 0 Å². The smallest absolute Gasteiger partial charge is 0.225 e. The quantitative estimate of drug-likeness (QED) is 0.619. The minimum absolute atomic E-state index is 0.168. The van der Waals surface area contributed by atoms with Crippen LogP contribution in [0.25, 0.3) is 0 Å². The van der Waals surface area contributed by atoms with Gasteiger partial charge in [-0.1, -0.05) is 31.4 Å². The van der Waals surface area contributed by atoms with Gasteiger partial charge in [0.1, 0.15) is 12.4 Å². The van der Waals surface area contributed by atoms with E-state index in [0.29, 0.717) is 18.9 Å². The summed E-state index contributed by atoms with van der Waals surface area (Å²) >= 11 is 0. The van der Waals surface area contributed by atoms with Crippen LogP contribution >= 0.6 is 0 Å². The highest BCUT2D eigenvalue weighted by molar-refractivity contribution is 5.79. The number of carbonyl (C=O) groups excluding carboxylic acids is 2. The molecule has 1 saturated carbocycles. The molecule has 182 valence electrons. The maximum atomic E-state index is 12.7. The van der Waals surface area contributed by atoms with Crippen molar-refractivity contribution in [2.24, 2.45) is 5.92 Å². The molecular formula is C26H40N4O3. The fraction of sp³-hybridized carbons (Fsp3) is 0.692. The van der Waals surface area contributed by atoms with E-state index in [4.69, 9.17) is 4.74 Å². The van der Waals surface area contributed by atoms with Gasteiger partial charge in [0.25, 0.3) is 0 Å². The summed E-state index contributed by atoms with van der Waals surface area (Å²) in [6.45, 7) is 6.81. The maximum Gasteiger partial charge on any atom is 0.225 e. The van der Waals surface area contributed by atoms with Crippen LogP contribution in [0.3, 0.4) is 0 Å². The van der Waals surface area contributed by atoms with Crippen molar-refractivity contribution < 1.29 is 14.3 Å². The summed E-state index contributed by atoms with van der Waals surface area (Å²) in [6, 6.07) is 8.57. The summed E-state index contributed by atoms with van der Waals surface area (Å²) in [7, 11) is 2.09. The number of piperazine rings is 1. The average Bonchev–Trinajstić information content (AvgIpc) is 3.24. The predicted octanol–water partition coefficient (Wildman–Crippen LogP) is 2.50. The third kappa shape index (κ3) is 7.18. The number of nitrogens with one attached hydrogen (secondary N) is 1. The number of hydrogen-bond donors (Lipinski definition) is 1. The lowest BCUT2D eigenvalue weighted by Crippen LogP contribution is -2.51. The first-order chi connectivity index (χ1) is 16.1. The minimum atomic E-state index is 0.168. The molecule has 33 heavy (non-hydrogen) atoms. The highest BCUT2D eigenvalue weighted by Gasteiger charge is 2.28. The third-order valence-electron chi connectivity index (χ3n) is 7.28. The van der Waals surface area contributed by atoms with Crippen LogP contribution in [0.1, 0.15) is 50.5 Å². The first-order valence-corrected chi connectivity index (χ1v) is 12.8. The first kappa shape index (κ1) is 24.0. The normalized spacial score (nSPS) is 22.5. The topological polar surface area (TPSA) is 65.1 Å². The zero-order chi connectivity index (χ0) is 23.0. The molecule has 2 heterocycles. The molecular weight excluding hydrogens is 416 g/mol. The average molecular weight is 457 g/mol. The summed E-state index contributed by atoms with van der Waals surface area (Å²) in [5.41, 5.74) is 1.22. The lowest BCUT2D eigenvalue weighted by atomic mass is 9.88. The van der Waals surface area contributed by atoms with E-state index in [9.17, 15) is 9.59 Å². The molecule has 2 aliphatic heterocycles. The Hall–Kier alpha value is -2.12. The second-order valence-corrected chi connectivity index (χ2v) is 10.00. The summed E-state index contributed by atoms with van der Waals surface area (Å²) in [6.07, 6.45) is 7.45. The van der Waals surface area contributed by atoms with Gasteiger partial charge in [0.2, 0.25) is 11.8 Å². The number of ether oxygens (including phenoxy) is 1. The van der Waals surface area contributed by atoms with Crippen LogP contribution in [-0.4, -0.2) is 85.5 Å².